The van der Waals surface area contributed by atoms with Crippen molar-refractivity contribution in [2.45, 2.75) is 52.4 Å². The molecule has 0 saturated carbocycles. The highest BCUT2D eigenvalue weighted by Crippen LogP contribution is 2.23. The maximum absolute atomic E-state index is 12.4. The largest absolute Gasteiger partial charge is 0.321 e. The molecule has 1 amide bonds. The van der Waals surface area contributed by atoms with E-state index in [-0.39, 0.29) is 11.0 Å². The molecule has 0 bridgehead atoms. The Morgan fingerprint density at radius 3 is 2.22 bits per heavy atom. The van der Waals surface area contributed by atoms with Crippen LogP contribution in [-0.4, -0.2) is 5.91 Å². The van der Waals surface area contributed by atoms with Crippen molar-refractivity contribution < 1.29 is 4.79 Å². The summed E-state index contributed by atoms with van der Waals surface area (Å²) in [6, 6.07) is 17.8. The van der Waals surface area contributed by atoms with E-state index in [1.165, 1.54) is 11.1 Å². The second kappa shape index (κ2) is 9.19. The molecule has 0 aliphatic carbocycles. The maximum Gasteiger partial charge on any atom is 0.266 e. The number of rotatable bonds is 6. The minimum absolute atomic E-state index is 0.0704. The summed E-state index contributed by atoms with van der Waals surface area (Å²) >= 11 is 0. The van der Waals surface area contributed by atoms with Gasteiger partial charge in [0.1, 0.15) is 11.6 Å². The Labute approximate surface area is 162 Å². The van der Waals surface area contributed by atoms with Gasteiger partial charge in [0.2, 0.25) is 0 Å². The van der Waals surface area contributed by atoms with Crippen molar-refractivity contribution in [1.29, 1.82) is 5.26 Å². The number of aryl methyl sites for hydroxylation is 1. The molecule has 0 fully saturated rings. The summed E-state index contributed by atoms with van der Waals surface area (Å²) in [5.74, 6) is -0.390. The number of amides is 1. The molecule has 2 aromatic carbocycles. The van der Waals surface area contributed by atoms with Crippen LogP contribution < -0.4 is 5.32 Å². The Kier molecular flexibility index (Phi) is 6.96. The van der Waals surface area contributed by atoms with E-state index in [0.29, 0.717) is 5.69 Å². The minimum Gasteiger partial charge on any atom is -0.321 e. The van der Waals surface area contributed by atoms with E-state index in [0.717, 1.165) is 24.8 Å². The predicted octanol–water partition coefficient (Wildman–Crippen LogP) is 5.87. The van der Waals surface area contributed by atoms with Crippen molar-refractivity contribution in [1.82, 2.24) is 0 Å². The summed E-state index contributed by atoms with van der Waals surface area (Å²) in [7, 11) is 0. The standard InChI is InChI=1S/C24H28N2O/c1-5-6-7-18-10-14-22(15-11-18)26-23(27)20(17-25)16-19-8-12-21(13-9-19)24(2,3)4/h8-16H,5-7H2,1-4H3,(H,26,27). The van der Waals surface area contributed by atoms with E-state index in [9.17, 15) is 10.1 Å². The van der Waals surface area contributed by atoms with Crippen molar-refractivity contribution >= 4 is 17.7 Å². The van der Waals surface area contributed by atoms with Crippen LogP contribution in [0.1, 0.15) is 57.2 Å². The summed E-state index contributed by atoms with van der Waals surface area (Å²) in [4.78, 5) is 12.4. The van der Waals surface area contributed by atoms with Crippen LogP contribution in [0.5, 0.6) is 0 Å². The zero-order chi connectivity index (χ0) is 19.9. The molecule has 0 aliphatic heterocycles. The fraction of sp³-hybridized carbons (Fsp3) is 0.333. The van der Waals surface area contributed by atoms with Crippen LogP contribution in [0.25, 0.3) is 6.08 Å². The summed E-state index contributed by atoms with van der Waals surface area (Å²) in [5.41, 5.74) is 4.17. The maximum atomic E-state index is 12.4. The molecule has 1 N–H and O–H groups in total. The van der Waals surface area contributed by atoms with Gasteiger partial charge in [-0.2, -0.15) is 5.26 Å². The highest BCUT2D eigenvalue weighted by molar-refractivity contribution is 6.09. The highest BCUT2D eigenvalue weighted by Gasteiger charge is 2.13. The van der Waals surface area contributed by atoms with Crippen molar-refractivity contribution in [2.75, 3.05) is 5.32 Å². The number of carbonyl (C=O) groups excluding carboxylic acids is 1. The highest BCUT2D eigenvalue weighted by atomic mass is 16.1. The SMILES string of the molecule is CCCCc1ccc(NC(=O)C(C#N)=Cc2ccc(C(C)(C)C)cc2)cc1. The van der Waals surface area contributed by atoms with E-state index in [1.807, 2.05) is 54.6 Å². The summed E-state index contributed by atoms with van der Waals surface area (Å²) in [6.45, 7) is 8.62. The van der Waals surface area contributed by atoms with Gasteiger partial charge < -0.3 is 5.32 Å². The van der Waals surface area contributed by atoms with E-state index in [2.05, 4.69) is 33.0 Å². The van der Waals surface area contributed by atoms with Crippen molar-refractivity contribution in [3.8, 4) is 6.07 Å². The quantitative estimate of drug-likeness (QED) is 0.517. The molecule has 0 unspecified atom stereocenters. The van der Waals surface area contributed by atoms with Crippen LogP contribution in [0.3, 0.4) is 0 Å². The topological polar surface area (TPSA) is 52.9 Å². The van der Waals surface area contributed by atoms with Crippen molar-refractivity contribution in [2.24, 2.45) is 0 Å². The first-order valence-corrected chi connectivity index (χ1v) is 9.46. The number of nitriles is 1. The molecule has 3 heteroatoms. The van der Waals surface area contributed by atoms with E-state index >= 15 is 0 Å². The lowest BCUT2D eigenvalue weighted by atomic mass is 9.86. The van der Waals surface area contributed by atoms with Gasteiger partial charge in [-0.3, -0.25) is 4.79 Å². The third kappa shape index (κ3) is 6.11. The number of benzene rings is 2. The van der Waals surface area contributed by atoms with Crippen LogP contribution in [0.4, 0.5) is 5.69 Å². The van der Waals surface area contributed by atoms with Gasteiger partial charge in [-0.15, -0.1) is 0 Å². The summed E-state index contributed by atoms with van der Waals surface area (Å²) in [6.07, 6.45) is 4.97. The van der Waals surface area contributed by atoms with Crippen molar-refractivity contribution in [3.63, 3.8) is 0 Å². The molecule has 0 atom stereocenters. The van der Waals surface area contributed by atoms with Crippen LogP contribution in [-0.2, 0) is 16.6 Å². The second-order valence-electron chi connectivity index (χ2n) is 7.80. The smallest absolute Gasteiger partial charge is 0.266 e. The Morgan fingerprint density at radius 2 is 1.70 bits per heavy atom. The van der Waals surface area contributed by atoms with Gasteiger partial charge in [0.15, 0.2) is 0 Å². The van der Waals surface area contributed by atoms with Crippen LogP contribution in [0.15, 0.2) is 54.1 Å². The van der Waals surface area contributed by atoms with Crippen LogP contribution in [0, 0.1) is 11.3 Å². The molecule has 2 aromatic rings. The first-order valence-electron chi connectivity index (χ1n) is 9.46. The van der Waals surface area contributed by atoms with E-state index < -0.39 is 5.91 Å². The number of nitrogens with zero attached hydrogens (tertiary/aromatic N) is 1. The summed E-state index contributed by atoms with van der Waals surface area (Å²) in [5, 5.41) is 12.2. The lowest BCUT2D eigenvalue weighted by Crippen LogP contribution is -2.13. The zero-order valence-electron chi connectivity index (χ0n) is 16.7. The monoisotopic (exact) mass is 360 g/mol. The van der Waals surface area contributed by atoms with Gasteiger partial charge >= 0.3 is 0 Å². The number of hydrogen-bond donors (Lipinski definition) is 1. The fourth-order valence-corrected chi connectivity index (χ4v) is 2.73. The molecule has 140 valence electrons. The van der Waals surface area contributed by atoms with Gasteiger partial charge in [0, 0.05) is 5.69 Å². The van der Waals surface area contributed by atoms with Gasteiger partial charge in [-0.05, 0) is 53.2 Å². The predicted molar refractivity (Wildman–Crippen MR) is 112 cm³/mol. The van der Waals surface area contributed by atoms with Gasteiger partial charge in [0.05, 0.1) is 0 Å². The van der Waals surface area contributed by atoms with Gasteiger partial charge in [-0.25, -0.2) is 0 Å². The normalized spacial score (nSPS) is 11.7. The molecular weight excluding hydrogens is 332 g/mol. The first-order chi connectivity index (χ1) is 12.8. The molecule has 2 rings (SSSR count). The average Bonchev–Trinajstić information content (AvgIpc) is 2.65. The lowest BCUT2D eigenvalue weighted by molar-refractivity contribution is -0.112. The van der Waals surface area contributed by atoms with E-state index in [4.69, 9.17) is 0 Å². The van der Waals surface area contributed by atoms with Crippen LogP contribution >= 0.6 is 0 Å². The molecule has 0 saturated heterocycles. The molecule has 3 nitrogen and oxygen atoms in total. The Balaban J connectivity index is 2.09. The number of unbranched alkanes of at least 4 members (excludes halogenated alkanes) is 1. The molecular formula is C24H28N2O. The first kappa shape index (κ1) is 20.5. The molecule has 0 spiro atoms. The van der Waals surface area contributed by atoms with E-state index in [1.54, 1.807) is 6.08 Å². The molecule has 0 aliphatic rings. The third-order valence-corrected chi connectivity index (χ3v) is 4.48. The fourth-order valence-electron chi connectivity index (χ4n) is 2.73. The Hall–Kier alpha value is -2.86. The summed E-state index contributed by atoms with van der Waals surface area (Å²) < 4.78 is 0. The third-order valence-electron chi connectivity index (χ3n) is 4.48. The van der Waals surface area contributed by atoms with Gasteiger partial charge in [0.25, 0.3) is 5.91 Å². The molecule has 27 heavy (non-hydrogen) atoms. The van der Waals surface area contributed by atoms with Crippen LogP contribution in [0.2, 0.25) is 0 Å². The number of nitrogens with one attached hydrogen (secondary N) is 1. The number of carbonyl (C=O) groups is 1. The Morgan fingerprint density at radius 1 is 1.07 bits per heavy atom. The van der Waals surface area contributed by atoms with Gasteiger partial charge in [-0.1, -0.05) is 70.5 Å². The second-order valence-corrected chi connectivity index (χ2v) is 7.80. The molecule has 0 radical (unpaired) electrons. The zero-order valence-corrected chi connectivity index (χ0v) is 16.7. The average molecular weight is 361 g/mol. The lowest BCUT2D eigenvalue weighted by Gasteiger charge is -2.18. The molecule has 0 aromatic heterocycles. The molecule has 0 heterocycles. The number of hydrogen-bond acceptors (Lipinski definition) is 2. The van der Waals surface area contributed by atoms with Crippen molar-refractivity contribution in [3.05, 3.63) is 70.8 Å². The number of anilines is 1. The minimum atomic E-state index is -0.390. The Bertz CT molecular complexity index is 832.